The molecule has 21 heavy (non-hydrogen) atoms. The fourth-order valence-electron chi connectivity index (χ4n) is 3.82. The van der Waals surface area contributed by atoms with Crippen molar-refractivity contribution in [2.75, 3.05) is 12.8 Å². The lowest BCUT2D eigenvalue weighted by Gasteiger charge is -2.40. The summed E-state index contributed by atoms with van der Waals surface area (Å²) in [5.74, 6) is 0.356. The van der Waals surface area contributed by atoms with Crippen molar-refractivity contribution in [3.05, 3.63) is 0 Å². The number of rotatable bonds is 7. The third kappa shape index (κ3) is 3.95. The predicted molar refractivity (Wildman–Crippen MR) is 91.6 cm³/mol. The van der Waals surface area contributed by atoms with Crippen molar-refractivity contribution >= 4 is 17.7 Å². The van der Waals surface area contributed by atoms with Crippen LogP contribution < -0.4 is 5.32 Å². The molecule has 1 saturated carbocycles. The van der Waals surface area contributed by atoms with Gasteiger partial charge in [-0.15, -0.1) is 0 Å². The largest absolute Gasteiger partial charge is 0.324 e. The minimum atomic E-state index is 0.0670. The fourth-order valence-corrected chi connectivity index (χ4v) is 4.79. The Bertz CT molecular complexity index is 342. The highest BCUT2D eigenvalue weighted by atomic mass is 32.2. The maximum Gasteiger partial charge on any atom is 0.241 e. The van der Waals surface area contributed by atoms with Crippen LogP contribution in [0.4, 0.5) is 0 Å². The minimum absolute atomic E-state index is 0.0670. The second-order valence-corrected chi connectivity index (χ2v) is 7.97. The van der Waals surface area contributed by atoms with E-state index in [-0.39, 0.29) is 12.2 Å². The van der Waals surface area contributed by atoms with Crippen molar-refractivity contribution in [1.29, 1.82) is 0 Å². The van der Waals surface area contributed by atoms with Gasteiger partial charge in [0.2, 0.25) is 5.91 Å². The smallest absolute Gasteiger partial charge is 0.241 e. The van der Waals surface area contributed by atoms with Crippen LogP contribution in [-0.2, 0) is 4.79 Å². The van der Waals surface area contributed by atoms with E-state index in [2.05, 4.69) is 30.3 Å². The molecule has 1 saturated heterocycles. The summed E-state index contributed by atoms with van der Waals surface area (Å²) in [4.78, 5) is 14.9. The summed E-state index contributed by atoms with van der Waals surface area (Å²) in [6.45, 7) is 5.33. The zero-order valence-electron chi connectivity index (χ0n) is 14.0. The van der Waals surface area contributed by atoms with Crippen molar-refractivity contribution in [2.24, 2.45) is 0 Å². The van der Waals surface area contributed by atoms with Gasteiger partial charge in [0.1, 0.15) is 0 Å². The quantitative estimate of drug-likeness (QED) is 0.776. The van der Waals surface area contributed by atoms with Crippen LogP contribution in [0, 0.1) is 0 Å². The van der Waals surface area contributed by atoms with Crippen molar-refractivity contribution in [3.63, 3.8) is 0 Å². The first kappa shape index (κ1) is 17.1. The number of unbranched alkanes of at least 4 members (excludes halogenated alkanes) is 1. The lowest BCUT2D eigenvalue weighted by Crippen LogP contribution is -2.47. The summed E-state index contributed by atoms with van der Waals surface area (Å²) < 4.78 is 0.308. The summed E-state index contributed by atoms with van der Waals surface area (Å²) in [6.07, 6.45) is 13.4. The molecule has 4 heteroatoms. The number of amides is 1. The third-order valence-electron chi connectivity index (χ3n) is 5.24. The van der Waals surface area contributed by atoms with Crippen LogP contribution in [0.25, 0.3) is 0 Å². The average molecular weight is 313 g/mol. The minimum Gasteiger partial charge on any atom is -0.324 e. The Balaban J connectivity index is 2.03. The van der Waals surface area contributed by atoms with E-state index in [9.17, 15) is 4.79 Å². The normalized spacial score (nSPS) is 29.1. The van der Waals surface area contributed by atoms with E-state index < -0.39 is 0 Å². The standard InChI is InChI=1S/C17H32N2OS/c1-4-6-10-14-16(20)19(15(5-2)18-14)13-17(21-3)11-8-7-9-12-17/h14-15,18H,4-13H2,1-3H3. The van der Waals surface area contributed by atoms with Gasteiger partial charge in [0.05, 0.1) is 12.2 Å². The van der Waals surface area contributed by atoms with Crippen LogP contribution in [-0.4, -0.2) is 40.6 Å². The number of nitrogens with one attached hydrogen (secondary N) is 1. The molecule has 2 rings (SSSR count). The molecule has 0 radical (unpaired) electrons. The Morgan fingerprint density at radius 3 is 2.57 bits per heavy atom. The maximum atomic E-state index is 12.8. The molecule has 1 amide bonds. The summed E-state index contributed by atoms with van der Waals surface area (Å²) >= 11 is 1.99. The predicted octanol–water partition coefficient (Wildman–Crippen LogP) is 3.78. The second kappa shape index (κ2) is 7.87. The number of carbonyl (C=O) groups is 1. The zero-order chi connectivity index (χ0) is 15.3. The number of nitrogens with zero attached hydrogens (tertiary/aromatic N) is 1. The topological polar surface area (TPSA) is 32.3 Å². The van der Waals surface area contributed by atoms with Gasteiger partial charge in [-0.1, -0.05) is 46.0 Å². The second-order valence-electron chi connectivity index (χ2n) is 6.70. The van der Waals surface area contributed by atoms with Crippen molar-refractivity contribution < 1.29 is 4.79 Å². The molecular weight excluding hydrogens is 280 g/mol. The summed E-state index contributed by atoms with van der Waals surface area (Å²) in [5.41, 5.74) is 0. The van der Waals surface area contributed by atoms with Gasteiger partial charge in [-0.05, 0) is 31.9 Å². The van der Waals surface area contributed by atoms with Crippen LogP contribution in [0.1, 0.15) is 71.6 Å². The van der Waals surface area contributed by atoms with Gasteiger partial charge in [-0.3, -0.25) is 10.1 Å². The molecule has 0 aromatic heterocycles. The highest BCUT2D eigenvalue weighted by Gasteiger charge is 2.42. The van der Waals surface area contributed by atoms with Crippen LogP contribution in [0.2, 0.25) is 0 Å². The average Bonchev–Trinajstić information content (AvgIpc) is 2.82. The Kier molecular flexibility index (Phi) is 6.42. The molecule has 0 aromatic carbocycles. The van der Waals surface area contributed by atoms with E-state index in [0.717, 1.165) is 32.2 Å². The van der Waals surface area contributed by atoms with Crippen molar-refractivity contribution in [1.82, 2.24) is 10.2 Å². The van der Waals surface area contributed by atoms with Gasteiger partial charge in [0.25, 0.3) is 0 Å². The van der Waals surface area contributed by atoms with Crippen LogP contribution in [0.15, 0.2) is 0 Å². The first-order chi connectivity index (χ1) is 10.2. The van der Waals surface area contributed by atoms with Gasteiger partial charge in [-0.25, -0.2) is 0 Å². The molecule has 1 aliphatic carbocycles. The number of hydrogen-bond acceptors (Lipinski definition) is 3. The SMILES string of the molecule is CCCCC1NC(CC)N(CC2(SC)CCCCC2)C1=O. The van der Waals surface area contributed by atoms with Crippen molar-refractivity contribution in [2.45, 2.75) is 88.6 Å². The highest BCUT2D eigenvalue weighted by molar-refractivity contribution is 8.00. The Labute approximate surface area is 134 Å². The summed E-state index contributed by atoms with van der Waals surface area (Å²) in [7, 11) is 0. The first-order valence-electron chi connectivity index (χ1n) is 8.77. The number of carbonyl (C=O) groups excluding carboxylic acids is 1. The Morgan fingerprint density at radius 1 is 1.29 bits per heavy atom. The van der Waals surface area contributed by atoms with E-state index in [0.29, 0.717) is 10.7 Å². The molecule has 1 heterocycles. The molecule has 1 aliphatic heterocycles. The van der Waals surface area contributed by atoms with Gasteiger partial charge in [0, 0.05) is 11.3 Å². The molecule has 2 fully saturated rings. The van der Waals surface area contributed by atoms with Gasteiger partial charge in [0.15, 0.2) is 0 Å². The molecule has 3 nitrogen and oxygen atoms in total. The Morgan fingerprint density at radius 2 is 2.00 bits per heavy atom. The monoisotopic (exact) mass is 312 g/mol. The third-order valence-corrected chi connectivity index (χ3v) is 6.64. The van der Waals surface area contributed by atoms with E-state index in [4.69, 9.17) is 0 Å². The molecule has 0 aromatic rings. The number of thioether (sulfide) groups is 1. The molecule has 1 N–H and O–H groups in total. The highest BCUT2D eigenvalue weighted by Crippen LogP contribution is 2.40. The van der Waals surface area contributed by atoms with E-state index in [1.807, 2.05) is 11.8 Å². The van der Waals surface area contributed by atoms with Gasteiger partial charge >= 0.3 is 0 Å². The molecule has 2 unspecified atom stereocenters. The van der Waals surface area contributed by atoms with E-state index in [1.54, 1.807) is 0 Å². The number of hydrogen-bond donors (Lipinski definition) is 1. The van der Waals surface area contributed by atoms with Crippen LogP contribution >= 0.6 is 11.8 Å². The zero-order valence-corrected chi connectivity index (χ0v) is 14.8. The van der Waals surface area contributed by atoms with Crippen molar-refractivity contribution in [3.8, 4) is 0 Å². The molecule has 2 atom stereocenters. The summed E-state index contributed by atoms with van der Waals surface area (Å²) in [5, 5.41) is 3.57. The maximum absolute atomic E-state index is 12.8. The molecule has 2 aliphatic rings. The fraction of sp³-hybridized carbons (Fsp3) is 0.941. The van der Waals surface area contributed by atoms with Gasteiger partial charge < -0.3 is 4.90 Å². The van der Waals surface area contributed by atoms with Gasteiger partial charge in [-0.2, -0.15) is 11.8 Å². The lowest BCUT2D eigenvalue weighted by atomic mass is 9.87. The van der Waals surface area contributed by atoms with Crippen LogP contribution in [0.5, 0.6) is 0 Å². The Hall–Kier alpha value is -0.220. The van der Waals surface area contributed by atoms with Crippen LogP contribution in [0.3, 0.4) is 0 Å². The first-order valence-corrected chi connectivity index (χ1v) is 10.00. The molecular formula is C17H32N2OS. The van der Waals surface area contributed by atoms with E-state index in [1.165, 1.54) is 32.1 Å². The molecule has 122 valence electrons. The molecule has 0 bridgehead atoms. The lowest BCUT2D eigenvalue weighted by molar-refractivity contribution is -0.130. The summed E-state index contributed by atoms with van der Waals surface area (Å²) in [6, 6.07) is 0.0670. The molecule has 0 spiro atoms. The van der Waals surface area contributed by atoms with E-state index >= 15 is 0 Å².